The van der Waals surface area contributed by atoms with Gasteiger partial charge in [-0.1, -0.05) is 0 Å². The van der Waals surface area contributed by atoms with E-state index in [0.29, 0.717) is 10.9 Å². The van der Waals surface area contributed by atoms with Crippen LogP contribution in [0, 0.1) is 5.82 Å². The molecular formula is C11H8FNO2S. The molecule has 0 bridgehead atoms. The smallest absolute Gasteiger partial charge is 0.341 e. The lowest BCUT2D eigenvalue weighted by atomic mass is 10.1. The second-order valence-corrected chi connectivity index (χ2v) is 3.75. The van der Waals surface area contributed by atoms with Gasteiger partial charge < -0.3 is 10.1 Å². The van der Waals surface area contributed by atoms with Crippen LogP contribution in [0.5, 0.6) is 0 Å². The second kappa shape index (κ2) is 4.02. The first-order valence-electron chi connectivity index (χ1n) is 4.48. The molecule has 0 saturated carbocycles. The number of hydrogen-bond acceptors (Lipinski definition) is 2. The van der Waals surface area contributed by atoms with Crippen LogP contribution < -0.4 is 0 Å². The number of halogens is 1. The molecule has 0 amide bonds. The molecule has 0 aliphatic heterocycles. The predicted molar refractivity (Wildman–Crippen MR) is 62.9 cm³/mol. The van der Waals surface area contributed by atoms with Crippen LogP contribution >= 0.6 is 12.6 Å². The number of H-pyrrole nitrogens is 1. The number of nitrogens with one attached hydrogen (secondary N) is 1. The summed E-state index contributed by atoms with van der Waals surface area (Å²) in [5, 5.41) is 9.31. The summed E-state index contributed by atoms with van der Waals surface area (Å²) in [5.41, 5.74) is 1.35. The van der Waals surface area contributed by atoms with Crippen molar-refractivity contribution >= 4 is 35.6 Å². The first-order chi connectivity index (χ1) is 7.58. The Morgan fingerprint density at radius 1 is 1.50 bits per heavy atom. The average Bonchev–Trinajstić information content (AvgIpc) is 2.61. The van der Waals surface area contributed by atoms with Crippen molar-refractivity contribution < 1.29 is 14.3 Å². The van der Waals surface area contributed by atoms with Gasteiger partial charge in [-0.15, -0.1) is 12.6 Å². The normalized spacial score (nSPS) is 12.0. The number of aromatic amines is 1. The minimum absolute atomic E-state index is 0.0924. The fourth-order valence-electron chi connectivity index (χ4n) is 1.44. The molecule has 0 fully saturated rings. The van der Waals surface area contributed by atoms with E-state index < -0.39 is 5.97 Å². The van der Waals surface area contributed by atoms with Crippen LogP contribution in [0.3, 0.4) is 0 Å². The maximum absolute atomic E-state index is 13.0. The molecule has 16 heavy (non-hydrogen) atoms. The third kappa shape index (κ3) is 1.94. The van der Waals surface area contributed by atoms with Crippen LogP contribution in [0.2, 0.25) is 0 Å². The summed E-state index contributed by atoms with van der Waals surface area (Å²) in [7, 11) is 0. The van der Waals surface area contributed by atoms with E-state index in [4.69, 9.17) is 5.11 Å². The second-order valence-electron chi connectivity index (χ2n) is 3.27. The number of aliphatic carboxylic acids is 1. The summed E-state index contributed by atoms with van der Waals surface area (Å²) in [6.07, 6.45) is 2.99. The molecular weight excluding hydrogens is 229 g/mol. The number of hydrogen-bond donors (Lipinski definition) is 3. The molecule has 2 aromatic rings. The molecule has 0 saturated heterocycles. The summed E-state index contributed by atoms with van der Waals surface area (Å²) in [6.45, 7) is 0. The standard InChI is InChI=1S/C11H8FNO2S/c12-7-1-2-9-8(4-7)6(5-13-9)3-10(16)11(14)15/h1-5,13,16H,(H,14,15)/b10-3+. The van der Waals surface area contributed by atoms with Gasteiger partial charge in [0, 0.05) is 22.7 Å². The van der Waals surface area contributed by atoms with Gasteiger partial charge in [0.15, 0.2) is 0 Å². The van der Waals surface area contributed by atoms with Crippen molar-refractivity contribution in [2.75, 3.05) is 0 Å². The zero-order chi connectivity index (χ0) is 11.7. The fourth-order valence-corrected chi connectivity index (χ4v) is 1.58. The van der Waals surface area contributed by atoms with E-state index in [1.165, 1.54) is 18.2 Å². The number of benzene rings is 1. The Kier molecular flexibility index (Phi) is 2.70. The highest BCUT2D eigenvalue weighted by molar-refractivity contribution is 7.85. The molecule has 0 spiro atoms. The summed E-state index contributed by atoms with van der Waals surface area (Å²) in [4.78, 5) is 13.4. The van der Waals surface area contributed by atoms with Crippen LogP contribution in [-0.2, 0) is 4.79 Å². The Morgan fingerprint density at radius 2 is 2.25 bits per heavy atom. The van der Waals surface area contributed by atoms with Gasteiger partial charge in [-0.05, 0) is 24.3 Å². The van der Waals surface area contributed by atoms with Gasteiger partial charge in [-0.3, -0.25) is 0 Å². The van der Waals surface area contributed by atoms with Crippen molar-refractivity contribution in [1.29, 1.82) is 0 Å². The van der Waals surface area contributed by atoms with Crippen molar-refractivity contribution in [3.8, 4) is 0 Å². The van der Waals surface area contributed by atoms with Gasteiger partial charge in [0.05, 0.1) is 4.91 Å². The average molecular weight is 237 g/mol. The number of carbonyl (C=O) groups is 1. The number of fused-ring (bicyclic) bond motifs is 1. The van der Waals surface area contributed by atoms with E-state index in [0.717, 1.165) is 5.52 Å². The predicted octanol–water partition coefficient (Wildman–Crippen LogP) is 2.66. The summed E-state index contributed by atoms with van der Waals surface area (Å²) >= 11 is 3.82. The molecule has 0 radical (unpaired) electrons. The summed E-state index contributed by atoms with van der Waals surface area (Å²) < 4.78 is 13.0. The van der Waals surface area contributed by atoms with Gasteiger partial charge in [0.25, 0.3) is 0 Å². The highest BCUT2D eigenvalue weighted by atomic mass is 32.1. The monoisotopic (exact) mass is 237 g/mol. The molecule has 5 heteroatoms. The van der Waals surface area contributed by atoms with E-state index in [9.17, 15) is 9.18 Å². The molecule has 3 nitrogen and oxygen atoms in total. The lowest BCUT2D eigenvalue weighted by molar-refractivity contribution is -0.131. The van der Waals surface area contributed by atoms with Gasteiger partial charge in [0.1, 0.15) is 5.82 Å². The first-order valence-corrected chi connectivity index (χ1v) is 4.93. The van der Waals surface area contributed by atoms with E-state index in [2.05, 4.69) is 17.6 Å². The van der Waals surface area contributed by atoms with Crippen LogP contribution in [0.25, 0.3) is 17.0 Å². The zero-order valence-electron chi connectivity index (χ0n) is 8.07. The molecule has 2 rings (SSSR count). The molecule has 1 aromatic carbocycles. The first kappa shape index (κ1) is 10.8. The molecule has 0 aliphatic carbocycles. The maximum atomic E-state index is 13.0. The molecule has 82 valence electrons. The number of carboxylic acid groups (broad SMARTS) is 1. The minimum Gasteiger partial charge on any atom is -0.477 e. The van der Waals surface area contributed by atoms with Gasteiger partial charge >= 0.3 is 5.97 Å². The van der Waals surface area contributed by atoms with E-state index >= 15 is 0 Å². The topological polar surface area (TPSA) is 53.1 Å². The minimum atomic E-state index is -1.12. The van der Waals surface area contributed by atoms with Crippen molar-refractivity contribution in [3.05, 3.63) is 40.7 Å². The molecule has 0 aliphatic rings. The fraction of sp³-hybridized carbons (Fsp3) is 0. The van der Waals surface area contributed by atoms with E-state index in [-0.39, 0.29) is 10.7 Å². The van der Waals surface area contributed by atoms with Crippen molar-refractivity contribution in [2.45, 2.75) is 0 Å². The van der Waals surface area contributed by atoms with Crippen LogP contribution in [0.4, 0.5) is 4.39 Å². The van der Waals surface area contributed by atoms with Gasteiger partial charge in [-0.25, -0.2) is 9.18 Å². The van der Waals surface area contributed by atoms with Gasteiger partial charge in [0.2, 0.25) is 0 Å². The molecule has 0 unspecified atom stereocenters. The molecule has 2 N–H and O–H groups in total. The zero-order valence-corrected chi connectivity index (χ0v) is 8.96. The summed E-state index contributed by atoms with van der Waals surface area (Å²) in [6, 6.07) is 4.28. The number of rotatable bonds is 2. The van der Waals surface area contributed by atoms with Crippen LogP contribution in [0.15, 0.2) is 29.3 Å². The Bertz CT molecular complexity index is 589. The van der Waals surface area contributed by atoms with Crippen molar-refractivity contribution in [3.63, 3.8) is 0 Å². The molecule has 1 aromatic heterocycles. The van der Waals surface area contributed by atoms with Crippen molar-refractivity contribution in [1.82, 2.24) is 4.98 Å². The quantitative estimate of drug-likeness (QED) is 0.555. The van der Waals surface area contributed by atoms with Crippen LogP contribution in [0.1, 0.15) is 5.56 Å². The lowest BCUT2D eigenvalue weighted by Crippen LogP contribution is -1.92. The molecule has 0 atom stereocenters. The third-order valence-electron chi connectivity index (χ3n) is 2.19. The SMILES string of the molecule is O=C(O)/C(S)=C\c1c[nH]c2ccc(F)cc12. The lowest BCUT2D eigenvalue weighted by Gasteiger charge is -1.94. The largest absolute Gasteiger partial charge is 0.477 e. The number of thiol groups is 1. The molecule has 1 heterocycles. The van der Waals surface area contributed by atoms with Crippen LogP contribution in [-0.4, -0.2) is 16.1 Å². The summed E-state index contributed by atoms with van der Waals surface area (Å²) in [5.74, 6) is -1.48. The Labute approximate surface area is 96.0 Å². The maximum Gasteiger partial charge on any atom is 0.341 e. The highest BCUT2D eigenvalue weighted by Crippen LogP contribution is 2.22. The number of carboxylic acids is 1. The Balaban J connectivity index is 2.57. The number of aromatic nitrogens is 1. The Hall–Kier alpha value is -1.75. The van der Waals surface area contributed by atoms with E-state index in [1.54, 1.807) is 12.3 Å². The Morgan fingerprint density at radius 3 is 2.94 bits per heavy atom. The van der Waals surface area contributed by atoms with E-state index in [1.807, 2.05) is 0 Å². The van der Waals surface area contributed by atoms with Gasteiger partial charge in [-0.2, -0.15) is 0 Å². The van der Waals surface area contributed by atoms with Crippen molar-refractivity contribution in [2.24, 2.45) is 0 Å². The highest BCUT2D eigenvalue weighted by Gasteiger charge is 2.06. The third-order valence-corrected chi connectivity index (χ3v) is 2.51.